The molecule has 0 bridgehead atoms. The Morgan fingerprint density at radius 3 is 1.79 bits per heavy atom. The predicted molar refractivity (Wildman–Crippen MR) is 218 cm³/mol. The fourth-order valence-corrected chi connectivity index (χ4v) is 8.57. The minimum Gasteiger partial charge on any atom is -0.456 e. The van der Waals surface area contributed by atoms with Crippen LogP contribution in [0.2, 0.25) is 0 Å². The van der Waals surface area contributed by atoms with Crippen molar-refractivity contribution in [2.45, 2.75) is 19.3 Å². The van der Waals surface area contributed by atoms with Gasteiger partial charge in [0.2, 0.25) is 5.95 Å². The number of fused-ring (bicyclic) bond motifs is 9. The van der Waals surface area contributed by atoms with Crippen LogP contribution in [0.3, 0.4) is 0 Å². The summed E-state index contributed by atoms with van der Waals surface area (Å²) in [4.78, 5) is 10.4. The lowest BCUT2D eigenvalue weighted by Gasteiger charge is -2.21. The van der Waals surface area contributed by atoms with Gasteiger partial charge in [-0.05, 0) is 81.9 Å². The Bertz CT molecular complexity index is 3020. The Hall–Kier alpha value is -6.78. The molecule has 0 N–H and O–H groups in total. The van der Waals surface area contributed by atoms with Gasteiger partial charge >= 0.3 is 0 Å². The summed E-state index contributed by atoms with van der Waals surface area (Å²) < 4.78 is 8.72. The Morgan fingerprint density at radius 2 is 1.04 bits per heavy atom. The van der Waals surface area contributed by atoms with Crippen LogP contribution in [0, 0.1) is 0 Å². The van der Waals surface area contributed by atoms with Crippen LogP contribution in [-0.4, -0.2) is 14.5 Å². The van der Waals surface area contributed by atoms with Crippen LogP contribution in [0.1, 0.15) is 25.0 Å². The van der Waals surface area contributed by atoms with Gasteiger partial charge in [0.1, 0.15) is 11.2 Å². The van der Waals surface area contributed by atoms with Gasteiger partial charge in [0.15, 0.2) is 0 Å². The van der Waals surface area contributed by atoms with Crippen LogP contribution in [0.15, 0.2) is 168 Å². The van der Waals surface area contributed by atoms with Crippen LogP contribution >= 0.6 is 0 Å². The smallest absolute Gasteiger partial charge is 0.235 e. The van der Waals surface area contributed by atoms with Crippen LogP contribution in [-0.2, 0) is 5.41 Å². The van der Waals surface area contributed by atoms with Crippen molar-refractivity contribution in [1.29, 1.82) is 0 Å². The molecule has 0 atom stereocenters. The monoisotopic (exact) mass is 679 g/mol. The summed E-state index contributed by atoms with van der Waals surface area (Å²) in [6.07, 6.45) is 0. The molecule has 7 aromatic carbocycles. The normalized spacial score (nSPS) is 13.2. The topological polar surface area (TPSA) is 43.9 Å². The van der Waals surface area contributed by atoms with Gasteiger partial charge in [-0.1, -0.05) is 129 Å². The van der Waals surface area contributed by atoms with Gasteiger partial charge in [-0.3, -0.25) is 4.57 Å². The molecular formula is C49H33N3O. The molecule has 0 radical (unpaired) electrons. The maximum absolute atomic E-state index is 6.51. The predicted octanol–water partition coefficient (Wildman–Crippen LogP) is 12.8. The molecule has 4 nitrogen and oxygen atoms in total. The van der Waals surface area contributed by atoms with Gasteiger partial charge in [0.05, 0.1) is 22.4 Å². The zero-order valence-electron chi connectivity index (χ0n) is 29.3. The third kappa shape index (κ3) is 4.49. The molecule has 0 amide bonds. The highest BCUT2D eigenvalue weighted by atomic mass is 16.3. The summed E-state index contributed by atoms with van der Waals surface area (Å²) in [6.45, 7) is 4.62. The molecule has 1 aliphatic rings. The molecule has 0 saturated heterocycles. The molecule has 4 heteroatoms. The first-order valence-corrected chi connectivity index (χ1v) is 18.2. The second kappa shape index (κ2) is 11.1. The van der Waals surface area contributed by atoms with Crippen LogP contribution in [0.4, 0.5) is 0 Å². The number of furan rings is 1. The molecular weight excluding hydrogens is 647 g/mol. The molecule has 53 heavy (non-hydrogen) atoms. The maximum atomic E-state index is 6.51. The van der Waals surface area contributed by atoms with Crippen LogP contribution < -0.4 is 0 Å². The first kappa shape index (κ1) is 29.9. The third-order valence-corrected chi connectivity index (χ3v) is 11.2. The molecule has 0 aliphatic heterocycles. The molecule has 11 rings (SSSR count). The lowest BCUT2D eigenvalue weighted by Crippen LogP contribution is -2.14. The van der Waals surface area contributed by atoms with E-state index in [1.54, 1.807) is 0 Å². The van der Waals surface area contributed by atoms with Gasteiger partial charge in [-0.15, -0.1) is 0 Å². The van der Waals surface area contributed by atoms with Crippen molar-refractivity contribution in [1.82, 2.24) is 14.5 Å². The number of nitrogens with zero attached hydrogens (tertiary/aromatic N) is 3. The summed E-state index contributed by atoms with van der Waals surface area (Å²) in [5.74, 6) is 0.646. The highest BCUT2D eigenvalue weighted by Gasteiger charge is 2.36. The summed E-state index contributed by atoms with van der Waals surface area (Å²) in [5, 5.41) is 4.59. The quantitative estimate of drug-likeness (QED) is 0.186. The molecule has 10 aromatic rings. The van der Waals surface area contributed by atoms with Gasteiger partial charge in [0.25, 0.3) is 0 Å². The van der Waals surface area contributed by atoms with E-state index in [2.05, 4.69) is 170 Å². The molecule has 3 aromatic heterocycles. The third-order valence-electron chi connectivity index (χ3n) is 11.2. The highest BCUT2D eigenvalue weighted by Crippen LogP contribution is 2.51. The fraction of sp³-hybridized carbons (Fsp3) is 0.0612. The standard InChI is InChI=1S/C49H33N3O/c1-49(2)40-19-11-9-17-34(40)36-27-39-38-26-33(22-24-46(38)53-47(39)28-41(36)49)32-21-23-45-37(25-32)35-18-10-12-20-44(35)52(45)48-50-42(30-13-5-3-6-14-30)29-43(51-48)31-15-7-4-8-16-31/h3-29H,1-2H3. The van der Waals surface area contributed by atoms with Crippen LogP contribution in [0.25, 0.3) is 94.5 Å². The Balaban J connectivity index is 1.08. The van der Waals surface area contributed by atoms with Gasteiger partial charge in [0, 0.05) is 38.1 Å². The fourth-order valence-electron chi connectivity index (χ4n) is 8.57. The van der Waals surface area contributed by atoms with Crippen molar-refractivity contribution < 1.29 is 4.42 Å². The van der Waals surface area contributed by atoms with Crippen molar-refractivity contribution in [3.05, 3.63) is 175 Å². The molecule has 250 valence electrons. The number of aromatic nitrogens is 3. The number of para-hydroxylation sites is 1. The average Bonchev–Trinajstić information content (AvgIpc) is 3.82. The van der Waals surface area contributed by atoms with Crippen molar-refractivity contribution in [3.63, 3.8) is 0 Å². The minimum absolute atomic E-state index is 0.0736. The van der Waals surface area contributed by atoms with Crippen molar-refractivity contribution in [2.75, 3.05) is 0 Å². The summed E-state index contributed by atoms with van der Waals surface area (Å²) >= 11 is 0. The van der Waals surface area contributed by atoms with E-state index in [1.807, 2.05) is 12.1 Å². The molecule has 0 fully saturated rings. The second-order valence-electron chi connectivity index (χ2n) is 14.6. The second-order valence-corrected chi connectivity index (χ2v) is 14.6. The van der Waals surface area contributed by atoms with E-state index < -0.39 is 0 Å². The van der Waals surface area contributed by atoms with Gasteiger partial charge in [-0.25, -0.2) is 9.97 Å². The average molecular weight is 680 g/mol. The number of hydrogen-bond acceptors (Lipinski definition) is 3. The van der Waals surface area contributed by atoms with Crippen molar-refractivity contribution in [2.24, 2.45) is 0 Å². The Kier molecular flexibility index (Phi) is 6.27. The molecule has 0 spiro atoms. The summed E-state index contributed by atoms with van der Waals surface area (Å²) in [7, 11) is 0. The molecule has 1 aliphatic carbocycles. The number of rotatable bonds is 4. The van der Waals surface area contributed by atoms with E-state index in [0.717, 1.165) is 77.4 Å². The lowest BCUT2D eigenvalue weighted by molar-refractivity contribution is 0.647. The summed E-state index contributed by atoms with van der Waals surface area (Å²) in [6, 6.07) is 58.1. The van der Waals surface area contributed by atoms with Gasteiger partial charge in [-0.2, -0.15) is 0 Å². The first-order chi connectivity index (χ1) is 26.0. The maximum Gasteiger partial charge on any atom is 0.235 e. The van der Waals surface area contributed by atoms with E-state index >= 15 is 0 Å². The Morgan fingerprint density at radius 1 is 0.434 bits per heavy atom. The highest BCUT2D eigenvalue weighted by molar-refractivity contribution is 6.12. The zero-order chi connectivity index (χ0) is 35.3. The molecule has 3 heterocycles. The SMILES string of the molecule is CC1(C)c2ccccc2-c2cc3c(cc21)oc1ccc(-c2ccc4c(c2)c2ccccc2n4-c2nc(-c4ccccc4)cc(-c4ccccc4)n2)cc13. The van der Waals surface area contributed by atoms with E-state index in [4.69, 9.17) is 14.4 Å². The van der Waals surface area contributed by atoms with E-state index in [-0.39, 0.29) is 5.41 Å². The van der Waals surface area contributed by atoms with Gasteiger partial charge < -0.3 is 4.42 Å². The minimum atomic E-state index is -0.0736. The summed E-state index contributed by atoms with van der Waals surface area (Å²) in [5.41, 5.74) is 15.4. The number of hydrogen-bond donors (Lipinski definition) is 0. The zero-order valence-corrected chi connectivity index (χ0v) is 29.3. The lowest BCUT2D eigenvalue weighted by atomic mass is 9.82. The van der Waals surface area contributed by atoms with E-state index in [0.29, 0.717) is 5.95 Å². The number of benzene rings is 7. The van der Waals surface area contributed by atoms with E-state index in [1.165, 1.54) is 22.3 Å². The molecule has 0 saturated carbocycles. The van der Waals surface area contributed by atoms with Crippen molar-refractivity contribution in [3.8, 4) is 50.7 Å². The molecule has 0 unspecified atom stereocenters. The Labute approximate surface area is 306 Å². The van der Waals surface area contributed by atoms with Crippen LogP contribution in [0.5, 0.6) is 0 Å². The first-order valence-electron chi connectivity index (χ1n) is 18.2. The largest absolute Gasteiger partial charge is 0.456 e. The van der Waals surface area contributed by atoms with E-state index in [9.17, 15) is 0 Å². The van der Waals surface area contributed by atoms with Crippen molar-refractivity contribution >= 4 is 43.7 Å².